The fraction of sp³-hybridized carbons (Fsp3) is 0.700. The highest BCUT2D eigenvalue weighted by molar-refractivity contribution is 7.90. The summed E-state index contributed by atoms with van der Waals surface area (Å²) in [6.07, 6.45) is 3.31. The number of hydrogen-bond acceptors (Lipinski definition) is 6. The van der Waals surface area contributed by atoms with Gasteiger partial charge in [-0.1, -0.05) is 6.42 Å². The number of nitrogens with zero attached hydrogens (tertiary/aromatic N) is 3. The fourth-order valence-corrected chi connectivity index (χ4v) is 7.10. The number of rotatable bonds is 9. The zero-order chi connectivity index (χ0) is 22.5. The van der Waals surface area contributed by atoms with Crippen molar-refractivity contribution >= 4 is 20.0 Å². The van der Waals surface area contributed by atoms with Crippen molar-refractivity contribution < 1.29 is 21.2 Å². The maximum Gasteiger partial charge on any atom is 0.243 e. The number of benzene rings is 1. The molecule has 0 saturated carbocycles. The van der Waals surface area contributed by atoms with E-state index >= 15 is 0 Å². The predicted molar refractivity (Wildman–Crippen MR) is 118 cm³/mol. The van der Waals surface area contributed by atoms with Crippen LogP contribution in [0.1, 0.15) is 26.2 Å². The Labute approximate surface area is 185 Å². The molecule has 0 spiro atoms. The van der Waals surface area contributed by atoms with Crippen molar-refractivity contribution in [2.45, 2.75) is 37.1 Å². The number of likely N-dealkylation sites (tertiary alicyclic amines) is 1. The molecule has 2 saturated heterocycles. The van der Waals surface area contributed by atoms with E-state index in [1.807, 2.05) is 0 Å². The van der Waals surface area contributed by atoms with Crippen LogP contribution < -0.4 is 5.32 Å². The number of piperazine rings is 1. The van der Waals surface area contributed by atoms with E-state index in [0.717, 1.165) is 37.9 Å². The number of halogens is 1. The van der Waals surface area contributed by atoms with Gasteiger partial charge in [-0.3, -0.25) is 4.90 Å². The molecule has 1 aromatic carbocycles. The van der Waals surface area contributed by atoms with Crippen LogP contribution in [-0.2, 0) is 20.0 Å². The standard InChI is InChI=1S/C20H33FN4O4S2/c1-18-4-2-3-11-23(18)14-15-25(31(28,29)20-7-5-19(21)6-8-20)16-17-30(26,27)24-12-9-22-10-13-24/h5-8,18,22H,2-4,9-17H2,1H3/t18-/m0/s1. The van der Waals surface area contributed by atoms with Crippen molar-refractivity contribution in [2.75, 3.05) is 58.1 Å². The van der Waals surface area contributed by atoms with Crippen molar-refractivity contribution in [1.29, 1.82) is 0 Å². The lowest BCUT2D eigenvalue weighted by molar-refractivity contribution is 0.152. The van der Waals surface area contributed by atoms with Gasteiger partial charge < -0.3 is 5.32 Å². The quantitative estimate of drug-likeness (QED) is 0.570. The summed E-state index contributed by atoms with van der Waals surface area (Å²) in [5.41, 5.74) is 0. The van der Waals surface area contributed by atoms with Crippen LogP contribution in [-0.4, -0.2) is 94.5 Å². The molecule has 3 rings (SSSR count). The van der Waals surface area contributed by atoms with E-state index in [-0.39, 0.29) is 23.7 Å². The van der Waals surface area contributed by atoms with Crippen molar-refractivity contribution in [1.82, 2.24) is 18.8 Å². The minimum Gasteiger partial charge on any atom is -0.314 e. The highest BCUT2D eigenvalue weighted by Crippen LogP contribution is 2.19. The lowest BCUT2D eigenvalue weighted by Crippen LogP contribution is -2.49. The number of sulfonamides is 2. The van der Waals surface area contributed by atoms with E-state index in [1.165, 1.54) is 20.7 Å². The smallest absolute Gasteiger partial charge is 0.243 e. The van der Waals surface area contributed by atoms with E-state index < -0.39 is 25.9 Å². The first kappa shape index (κ1) is 24.5. The van der Waals surface area contributed by atoms with Crippen LogP contribution in [0.15, 0.2) is 29.2 Å². The monoisotopic (exact) mass is 476 g/mol. The first-order chi connectivity index (χ1) is 14.7. The maximum atomic E-state index is 13.3. The molecule has 176 valence electrons. The average Bonchev–Trinajstić information content (AvgIpc) is 2.75. The van der Waals surface area contributed by atoms with Crippen molar-refractivity contribution in [3.63, 3.8) is 0 Å². The van der Waals surface area contributed by atoms with Gasteiger partial charge in [0.25, 0.3) is 0 Å². The average molecular weight is 477 g/mol. The molecule has 0 aromatic heterocycles. The Hall–Kier alpha value is -1.11. The SMILES string of the molecule is C[C@H]1CCCCN1CCN(CCS(=O)(=O)N1CCNCC1)S(=O)(=O)c1ccc(F)cc1. The lowest BCUT2D eigenvalue weighted by atomic mass is 10.0. The van der Waals surface area contributed by atoms with Gasteiger partial charge in [0.15, 0.2) is 0 Å². The number of hydrogen-bond donors (Lipinski definition) is 1. The van der Waals surface area contributed by atoms with Gasteiger partial charge in [0.2, 0.25) is 20.0 Å². The Morgan fingerprint density at radius 3 is 2.35 bits per heavy atom. The lowest BCUT2D eigenvalue weighted by Gasteiger charge is -2.35. The summed E-state index contributed by atoms with van der Waals surface area (Å²) in [6, 6.07) is 5.04. The second kappa shape index (κ2) is 10.7. The molecule has 1 aromatic rings. The summed E-state index contributed by atoms with van der Waals surface area (Å²) in [7, 11) is -7.51. The van der Waals surface area contributed by atoms with E-state index in [2.05, 4.69) is 17.1 Å². The molecule has 0 bridgehead atoms. The third-order valence-electron chi connectivity index (χ3n) is 6.10. The summed E-state index contributed by atoms with van der Waals surface area (Å²) in [4.78, 5) is 2.22. The Kier molecular flexibility index (Phi) is 8.44. The highest BCUT2D eigenvalue weighted by atomic mass is 32.2. The Morgan fingerprint density at radius 1 is 1.03 bits per heavy atom. The van der Waals surface area contributed by atoms with E-state index in [4.69, 9.17) is 0 Å². The predicted octanol–water partition coefficient (Wildman–Crippen LogP) is 0.926. The first-order valence-electron chi connectivity index (χ1n) is 10.9. The van der Waals surface area contributed by atoms with Gasteiger partial charge in [0.05, 0.1) is 10.6 Å². The van der Waals surface area contributed by atoms with Gasteiger partial charge in [-0.25, -0.2) is 21.2 Å². The molecular formula is C20H33FN4O4S2. The molecule has 2 heterocycles. The summed E-state index contributed by atoms with van der Waals surface area (Å²) in [6.45, 7) is 5.59. The van der Waals surface area contributed by atoms with Crippen LogP contribution in [0.3, 0.4) is 0 Å². The normalized spacial score (nSPS) is 22.1. The van der Waals surface area contributed by atoms with E-state index in [1.54, 1.807) is 0 Å². The van der Waals surface area contributed by atoms with Crippen LogP contribution in [0.4, 0.5) is 4.39 Å². The highest BCUT2D eigenvalue weighted by Gasteiger charge is 2.30. The Bertz CT molecular complexity index is 919. The summed E-state index contributed by atoms with van der Waals surface area (Å²) in [5.74, 6) is -0.794. The molecule has 0 aliphatic carbocycles. The molecule has 1 atom stereocenters. The molecule has 8 nitrogen and oxygen atoms in total. The zero-order valence-electron chi connectivity index (χ0n) is 18.0. The minimum absolute atomic E-state index is 0.0276. The van der Waals surface area contributed by atoms with Crippen molar-refractivity contribution in [2.24, 2.45) is 0 Å². The molecule has 0 amide bonds. The molecule has 0 unspecified atom stereocenters. The molecule has 1 N–H and O–H groups in total. The third-order valence-corrected chi connectivity index (χ3v) is 9.86. The second-order valence-corrected chi connectivity index (χ2v) is 12.2. The molecule has 11 heteroatoms. The van der Waals surface area contributed by atoms with Crippen LogP contribution in [0, 0.1) is 5.82 Å². The summed E-state index contributed by atoms with van der Waals surface area (Å²) >= 11 is 0. The molecular weight excluding hydrogens is 443 g/mol. The van der Waals surface area contributed by atoms with E-state index in [9.17, 15) is 21.2 Å². The second-order valence-electron chi connectivity index (χ2n) is 8.20. The van der Waals surface area contributed by atoms with E-state index in [0.29, 0.717) is 38.8 Å². The van der Waals surface area contributed by atoms with Gasteiger partial charge in [-0.05, 0) is 50.6 Å². The van der Waals surface area contributed by atoms with Crippen molar-refractivity contribution in [3.05, 3.63) is 30.1 Å². The van der Waals surface area contributed by atoms with Crippen LogP contribution in [0.2, 0.25) is 0 Å². The van der Waals surface area contributed by atoms with Gasteiger partial charge in [-0.15, -0.1) is 0 Å². The topological polar surface area (TPSA) is 90.0 Å². The van der Waals surface area contributed by atoms with Crippen LogP contribution in [0.25, 0.3) is 0 Å². The van der Waals surface area contributed by atoms with Gasteiger partial charge in [-0.2, -0.15) is 8.61 Å². The molecule has 2 fully saturated rings. The minimum atomic E-state index is -3.94. The third kappa shape index (κ3) is 6.45. The molecule has 31 heavy (non-hydrogen) atoms. The maximum absolute atomic E-state index is 13.3. The first-order valence-corrected chi connectivity index (χ1v) is 13.9. The number of nitrogens with one attached hydrogen (secondary N) is 1. The summed E-state index contributed by atoms with van der Waals surface area (Å²) < 4.78 is 68.0. The summed E-state index contributed by atoms with van der Waals surface area (Å²) in [5, 5.41) is 3.11. The molecule has 0 radical (unpaired) electrons. The fourth-order valence-electron chi connectivity index (χ4n) is 4.11. The van der Waals surface area contributed by atoms with Crippen LogP contribution >= 0.6 is 0 Å². The Balaban J connectivity index is 1.75. The van der Waals surface area contributed by atoms with Gasteiger partial charge in [0.1, 0.15) is 5.82 Å². The zero-order valence-corrected chi connectivity index (χ0v) is 19.7. The van der Waals surface area contributed by atoms with Gasteiger partial charge in [0, 0.05) is 51.9 Å². The van der Waals surface area contributed by atoms with Crippen LogP contribution in [0.5, 0.6) is 0 Å². The van der Waals surface area contributed by atoms with Gasteiger partial charge >= 0.3 is 0 Å². The molecule has 2 aliphatic rings. The number of piperidine rings is 1. The van der Waals surface area contributed by atoms with Crippen molar-refractivity contribution in [3.8, 4) is 0 Å². The Morgan fingerprint density at radius 2 is 1.71 bits per heavy atom. The largest absolute Gasteiger partial charge is 0.314 e. The molecule has 2 aliphatic heterocycles.